The van der Waals surface area contributed by atoms with Crippen LogP contribution < -0.4 is 20.9 Å². The number of carboxylic acid groups (broad SMARTS) is 1. The van der Waals surface area contributed by atoms with Crippen molar-refractivity contribution in [3.8, 4) is 0 Å². The van der Waals surface area contributed by atoms with Gasteiger partial charge >= 0.3 is 18.0 Å². The molecule has 1 aromatic rings. The highest BCUT2D eigenvalue weighted by Gasteiger charge is 2.45. The van der Waals surface area contributed by atoms with Crippen LogP contribution in [0.5, 0.6) is 0 Å². The SMILES string of the molecule is CC1(C)NC(=O)N(c2cccc(NC(=O)NC3CCC(C(=O)O)CC3)c2)C1=O. The maximum Gasteiger partial charge on any atom is 0.329 e. The zero-order chi connectivity index (χ0) is 20.5. The van der Waals surface area contributed by atoms with E-state index in [0.717, 1.165) is 4.90 Å². The maximum absolute atomic E-state index is 12.4. The van der Waals surface area contributed by atoms with Gasteiger partial charge in [0.25, 0.3) is 5.91 Å². The molecule has 9 nitrogen and oxygen atoms in total. The summed E-state index contributed by atoms with van der Waals surface area (Å²) in [6.45, 7) is 3.25. The van der Waals surface area contributed by atoms with E-state index < -0.39 is 23.6 Å². The lowest BCUT2D eigenvalue weighted by Gasteiger charge is -2.26. The molecule has 9 heteroatoms. The van der Waals surface area contributed by atoms with Crippen molar-refractivity contribution < 1.29 is 24.3 Å². The number of amides is 5. The van der Waals surface area contributed by atoms with E-state index in [2.05, 4.69) is 16.0 Å². The number of hydrogen-bond acceptors (Lipinski definition) is 4. The summed E-state index contributed by atoms with van der Waals surface area (Å²) in [5.74, 6) is -1.50. The van der Waals surface area contributed by atoms with Crippen LogP contribution in [0.3, 0.4) is 0 Å². The molecular weight excluding hydrogens is 364 g/mol. The lowest BCUT2D eigenvalue weighted by atomic mass is 9.86. The second kappa shape index (κ2) is 7.49. The maximum atomic E-state index is 12.4. The van der Waals surface area contributed by atoms with Crippen LogP contribution in [0.1, 0.15) is 39.5 Å². The summed E-state index contributed by atoms with van der Waals surface area (Å²) in [6.07, 6.45) is 2.30. The molecule has 5 amide bonds. The van der Waals surface area contributed by atoms with E-state index in [1.807, 2.05) is 0 Å². The number of carbonyl (C=O) groups is 4. The van der Waals surface area contributed by atoms with Gasteiger partial charge in [0.05, 0.1) is 11.6 Å². The van der Waals surface area contributed by atoms with Gasteiger partial charge < -0.3 is 21.1 Å². The highest BCUT2D eigenvalue weighted by atomic mass is 16.4. The normalized spacial score (nSPS) is 23.9. The third kappa shape index (κ3) is 4.08. The molecule has 1 aliphatic heterocycles. The Labute approximate surface area is 162 Å². The number of anilines is 2. The third-order valence-corrected chi connectivity index (χ3v) is 5.13. The Kier molecular flexibility index (Phi) is 5.26. The van der Waals surface area contributed by atoms with E-state index in [1.54, 1.807) is 38.1 Å². The first-order chi connectivity index (χ1) is 13.2. The quantitative estimate of drug-likeness (QED) is 0.589. The van der Waals surface area contributed by atoms with Gasteiger partial charge in [-0.1, -0.05) is 6.07 Å². The highest BCUT2D eigenvalue weighted by molar-refractivity contribution is 6.23. The highest BCUT2D eigenvalue weighted by Crippen LogP contribution is 2.27. The molecule has 0 atom stereocenters. The van der Waals surface area contributed by atoms with E-state index in [1.165, 1.54) is 0 Å². The molecule has 0 radical (unpaired) electrons. The Morgan fingerprint density at radius 2 is 1.86 bits per heavy atom. The summed E-state index contributed by atoms with van der Waals surface area (Å²) >= 11 is 0. The van der Waals surface area contributed by atoms with Gasteiger partial charge in [0, 0.05) is 11.7 Å². The second-order valence-electron chi connectivity index (χ2n) is 7.73. The summed E-state index contributed by atoms with van der Waals surface area (Å²) in [6, 6.07) is 5.49. The molecule has 0 bridgehead atoms. The lowest BCUT2D eigenvalue weighted by Crippen LogP contribution is -2.41. The van der Waals surface area contributed by atoms with E-state index >= 15 is 0 Å². The topological polar surface area (TPSA) is 128 Å². The van der Waals surface area contributed by atoms with Crippen molar-refractivity contribution in [2.24, 2.45) is 5.92 Å². The molecule has 150 valence electrons. The summed E-state index contributed by atoms with van der Waals surface area (Å²) < 4.78 is 0. The smallest absolute Gasteiger partial charge is 0.329 e. The van der Waals surface area contributed by atoms with E-state index in [9.17, 15) is 19.2 Å². The monoisotopic (exact) mass is 388 g/mol. The molecule has 0 aromatic heterocycles. The first-order valence-electron chi connectivity index (χ1n) is 9.24. The first kappa shape index (κ1) is 19.7. The number of aliphatic carboxylic acids is 1. The van der Waals surface area contributed by atoms with Crippen LogP contribution in [0.15, 0.2) is 24.3 Å². The zero-order valence-electron chi connectivity index (χ0n) is 15.8. The predicted molar refractivity (Wildman–Crippen MR) is 102 cm³/mol. The number of rotatable bonds is 4. The van der Waals surface area contributed by atoms with Crippen molar-refractivity contribution in [1.29, 1.82) is 0 Å². The fraction of sp³-hybridized carbons (Fsp3) is 0.474. The van der Waals surface area contributed by atoms with Crippen molar-refractivity contribution in [1.82, 2.24) is 10.6 Å². The number of nitrogens with one attached hydrogen (secondary N) is 3. The summed E-state index contributed by atoms with van der Waals surface area (Å²) in [5.41, 5.74) is -0.167. The van der Waals surface area contributed by atoms with Crippen LogP contribution in [0, 0.1) is 5.92 Å². The first-order valence-corrected chi connectivity index (χ1v) is 9.24. The van der Waals surface area contributed by atoms with Gasteiger partial charge in [-0.15, -0.1) is 0 Å². The van der Waals surface area contributed by atoms with Gasteiger partial charge in [0.1, 0.15) is 5.54 Å². The van der Waals surface area contributed by atoms with Crippen molar-refractivity contribution in [2.75, 3.05) is 10.2 Å². The number of carbonyl (C=O) groups excluding carboxylic acids is 3. The van der Waals surface area contributed by atoms with Gasteiger partial charge in [0.15, 0.2) is 0 Å². The summed E-state index contributed by atoms with van der Waals surface area (Å²) in [7, 11) is 0. The Morgan fingerprint density at radius 1 is 1.18 bits per heavy atom. The number of carboxylic acids is 1. The van der Waals surface area contributed by atoms with Crippen LogP contribution in [-0.2, 0) is 9.59 Å². The van der Waals surface area contributed by atoms with Crippen molar-refractivity contribution in [2.45, 2.75) is 51.1 Å². The molecule has 1 saturated carbocycles. The molecule has 1 heterocycles. The van der Waals surface area contributed by atoms with Crippen molar-refractivity contribution >= 4 is 35.3 Å². The van der Waals surface area contributed by atoms with Gasteiger partial charge in [0.2, 0.25) is 0 Å². The number of benzene rings is 1. The standard InChI is InChI=1S/C19H24N4O5/c1-19(2)16(26)23(18(28)22-19)14-5-3-4-13(10-14)21-17(27)20-12-8-6-11(7-9-12)15(24)25/h3-5,10-12H,6-9H2,1-2H3,(H,22,28)(H,24,25)(H2,20,21,27). The van der Waals surface area contributed by atoms with Crippen LogP contribution in [-0.4, -0.2) is 40.6 Å². The van der Waals surface area contributed by atoms with Crippen molar-refractivity contribution in [3.05, 3.63) is 24.3 Å². The Hall–Kier alpha value is -3.10. The third-order valence-electron chi connectivity index (χ3n) is 5.13. The molecule has 0 unspecified atom stereocenters. The predicted octanol–water partition coefficient (Wildman–Crippen LogP) is 2.29. The molecule has 28 heavy (non-hydrogen) atoms. The van der Waals surface area contributed by atoms with E-state index in [4.69, 9.17) is 5.11 Å². The molecule has 2 fully saturated rings. The number of imide groups is 1. The average molecular weight is 388 g/mol. The molecule has 1 aliphatic carbocycles. The van der Waals surface area contributed by atoms with Crippen molar-refractivity contribution in [3.63, 3.8) is 0 Å². The molecule has 2 aliphatic rings. The molecule has 1 aromatic carbocycles. The number of hydrogen-bond donors (Lipinski definition) is 4. The van der Waals surface area contributed by atoms with Crippen LogP contribution in [0.2, 0.25) is 0 Å². The van der Waals surface area contributed by atoms with E-state index in [0.29, 0.717) is 37.1 Å². The molecule has 3 rings (SSSR count). The Balaban J connectivity index is 1.61. The van der Waals surface area contributed by atoms with E-state index in [-0.39, 0.29) is 17.9 Å². The minimum Gasteiger partial charge on any atom is -0.481 e. The molecule has 4 N–H and O–H groups in total. The molecular formula is C19H24N4O5. The minimum atomic E-state index is -0.979. The zero-order valence-corrected chi connectivity index (χ0v) is 15.8. The largest absolute Gasteiger partial charge is 0.481 e. The van der Waals surface area contributed by atoms with Gasteiger partial charge in [-0.2, -0.15) is 0 Å². The summed E-state index contributed by atoms with van der Waals surface area (Å²) in [5, 5.41) is 17.2. The molecule has 0 spiro atoms. The number of urea groups is 2. The summed E-state index contributed by atoms with van der Waals surface area (Å²) in [4.78, 5) is 48.8. The minimum absolute atomic E-state index is 0.0782. The second-order valence-corrected chi connectivity index (χ2v) is 7.73. The molecule has 1 saturated heterocycles. The average Bonchev–Trinajstić information content (AvgIpc) is 2.82. The van der Waals surface area contributed by atoms with Crippen LogP contribution in [0.4, 0.5) is 21.0 Å². The van der Waals surface area contributed by atoms with Crippen LogP contribution >= 0.6 is 0 Å². The van der Waals surface area contributed by atoms with Crippen LogP contribution in [0.25, 0.3) is 0 Å². The Bertz CT molecular complexity index is 814. The fourth-order valence-corrected chi connectivity index (χ4v) is 3.54. The van der Waals surface area contributed by atoms with Gasteiger partial charge in [-0.05, 0) is 57.7 Å². The fourth-order valence-electron chi connectivity index (χ4n) is 3.54. The van der Waals surface area contributed by atoms with Gasteiger partial charge in [-0.25, -0.2) is 14.5 Å². The Morgan fingerprint density at radius 3 is 2.43 bits per heavy atom. The number of nitrogens with zero attached hydrogens (tertiary/aromatic N) is 1. The lowest BCUT2D eigenvalue weighted by molar-refractivity contribution is -0.142. The van der Waals surface area contributed by atoms with Gasteiger partial charge in [-0.3, -0.25) is 9.59 Å².